The highest BCUT2D eigenvalue weighted by molar-refractivity contribution is 14.0. The van der Waals surface area contributed by atoms with E-state index in [0.717, 1.165) is 30.9 Å². The van der Waals surface area contributed by atoms with Gasteiger partial charge in [-0.1, -0.05) is 25.5 Å². The molecule has 2 N–H and O–H groups in total. The number of hydrogen-bond acceptors (Lipinski definition) is 2. The van der Waals surface area contributed by atoms with Gasteiger partial charge in [-0.15, -0.1) is 24.0 Å². The zero-order valence-corrected chi connectivity index (χ0v) is 19.0. The number of nitrogens with one attached hydrogen (secondary N) is 2. The molecule has 1 heterocycles. The van der Waals surface area contributed by atoms with Crippen molar-refractivity contribution >= 4 is 29.9 Å². The zero-order valence-electron chi connectivity index (χ0n) is 16.6. The summed E-state index contributed by atoms with van der Waals surface area (Å²) in [5, 5.41) is 7.07. The summed E-state index contributed by atoms with van der Waals surface area (Å²) in [5.74, 6) is 0.728. The SMILES string of the molecule is CCCCN1CCC(NC(=NC)NCC2(c3cccc(F)c3)CC2)CC1.I. The predicted molar refractivity (Wildman–Crippen MR) is 122 cm³/mol. The Labute approximate surface area is 180 Å². The lowest BCUT2D eigenvalue weighted by Crippen LogP contribution is -2.49. The summed E-state index contributed by atoms with van der Waals surface area (Å²) in [4.78, 5) is 6.97. The molecule has 1 saturated carbocycles. The molecule has 0 atom stereocenters. The summed E-state index contributed by atoms with van der Waals surface area (Å²) in [5.41, 5.74) is 1.17. The summed E-state index contributed by atoms with van der Waals surface area (Å²) in [6.45, 7) is 6.63. The maximum Gasteiger partial charge on any atom is 0.191 e. The fraction of sp³-hybridized carbons (Fsp3) is 0.667. The average Bonchev–Trinajstić information content (AvgIpc) is 3.45. The van der Waals surface area contributed by atoms with E-state index in [1.54, 1.807) is 6.07 Å². The molecule has 152 valence electrons. The summed E-state index contributed by atoms with van der Waals surface area (Å²) in [6, 6.07) is 7.53. The monoisotopic (exact) mass is 488 g/mol. The smallest absolute Gasteiger partial charge is 0.191 e. The van der Waals surface area contributed by atoms with Crippen LogP contribution in [0.15, 0.2) is 29.3 Å². The Kier molecular flexibility index (Phi) is 8.79. The van der Waals surface area contributed by atoms with Crippen LogP contribution in [0.2, 0.25) is 0 Å². The Balaban J connectivity index is 0.00000261. The molecule has 3 rings (SSSR count). The first-order valence-electron chi connectivity index (χ1n) is 10.1. The average molecular weight is 488 g/mol. The first kappa shape index (κ1) is 22.4. The van der Waals surface area contributed by atoms with Gasteiger partial charge in [0, 0.05) is 38.1 Å². The summed E-state index contributed by atoms with van der Waals surface area (Å²) in [7, 11) is 1.83. The quantitative estimate of drug-likeness (QED) is 0.348. The molecule has 4 nitrogen and oxygen atoms in total. The third-order valence-corrected chi connectivity index (χ3v) is 5.86. The van der Waals surface area contributed by atoms with Crippen LogP contribution in [0.3, 0.4) is 0 Å². The normalized spacial score (nSPS) is 20.0. The van der Waals surface area contributed by atoms with E-state index < -0.39 is 0 Å². The van der Waals surface area contributed by atoms with Crippen LogP contribution in [0.1, 0.15) is 51.0 Å². The van der Waals surface area contributed by atoms with Crippen molar-refractivity contribution in [2.75, 3.05) is 33.2 Å². The van der Waals surface area contributed by atoms with E-state index in [4.69, 9.17) is 0 Å². The van der Waals surface area contributed by atoms with Crippen molar-refractivity contribution in [3.05, 3.63) is 35.6 Å². The van der Waals surface area contributed by atoms with Gasteiger partial charge in [-0.05, 0) is 56.3 Å². The Hall–Kier alpha value is -0.890. The second-order valence-electron chi connectivity index (χ2n) is 7.83. The molecule has 0 bridgehead atoms. The molecule has 2 aliphatic rings. The molecular weight excluding hydrogens is 454 g/mol. The molecule has 0 spiro atoms. The fourth-order valence-corrected chi connectivity index (χ4v) is 3.86. The van der Waals surface area contributed by atoms with Gasteiger partial charge in [0.2, 0.25) is 0 Å². The minimum absolute atomic E-state index is 0. The molecule has 0 amide bonds. The van der Waals surface area contributed by atoms with Crippen molar-refractivity contribution < 1.29 is 4.39 Å². The van der Waals surface area contributed by atoms with E-state index in [2.05, 4.69) is 27.4 Å². The lowest BCUT2D eigenvalue weighted by atomic mass is 9.96. The molecule has 6 heteroatoms. The van der Waals surface area contributed by atoms with Crippen LogP contribution in [0, 0.1) is 5.82 Å². The van der Waals surface area contributed by atoms with Gasteiger partial charge in [-0.2, -0.15) is 0 Å². The number of benzene rings is 1. The van der Waals surface area contributed by atoms with Crippen molar-refractivity contribution in [1.82, 2.24) is 15.5 Å². The molecule has 1 aromatic rings. The summed E-state index contributed by atoms with van der Waals surface area (Å²) < 4.78 is 13.5. The largest absolute Gasteiger partial charge is 0.356 e. The maximum atomic E-state index is 13.5. The molecule has 1 aliphatic carbocycles. The third-order valence-electron chi connectivity index (χ3n) is 5.86. The van der Waals surface area contributed by atoms with Crippen LogP contribution in [-0.4, -0.2) is 50.1 Å². The highest BCUT2D eigenvalue weighted by Crippen LogP contribution is 2.47. The van der Waals surface area contributed by atoms with Crippen molar-refractivity contribution in [3.8, 4) is 0 Å². The van der Waals surface area contributed by atoms with Crippen LogP contribution in [0.4, 0.5) is 4.39 Å². The number of unbranched alkanes of at least 4 members (excludes halogenated alkanes) is 1. The first-order valence-corrected chi connectivity index (χ1v) is 10.1. The van der Waals surface area contributed by atoms with Crippen molar-refractivity contribution in [2.45, 2.75) is 56.9 Å². The number of halogens is 2. The van der Waals surface area contributed by atoms with Crippen LogP contribution < -0.4 is 10.6 Å². The molecule has 2 fully saturated rings. The summed E-state index contributed by atoms with van der Waals surface area (Å²) in [6.07, 6.45) is 7.11. The number of aliphatic imine (C=N–C) groups is 1. The van der Waals surface area contributed by atoms with Gasteiger partial charge < -0.3 is 15.5 Å². The van der Waals surface area contributed by atoms with E-state index >= 15 is 0 Å². The predicted octanol–water partition coefficient (Wildman–Crippen LogP) is 3.90. The molecule has 1 aromatic carbocycles. The van der Waals surface area contributed by atoms with Crippen LogP contribution >= 0.6 is 24.0 Å². The lowest BCUT2D eigenvalue weighted by molar-refractivity contribution is 0.203. The molecule has 0 aromatic heterocycles. The molecule has 0 radical (unpaired) electrons. The van der Waals surface area contributed by atoms with Gasteiger partial charge in [0.05, 0.1) is 0 Å². The van der Waals surface area contributed by atoms with Crippen molar-refractivity contribution in [2.24, 2.45) is 4.99 Å². The Morgan fingerprint density at radius 2 is 2.04 bits per heavy atom. The van der Waals surface area contributed by atoms with E-state index in [-0.39, 0.29) is 35.2 Å². The zero-order chi connectivity index (χ0) is 18.4. The maximum absolute atomic E-state index is 13.5. The molecule has 0 unspecified atom stereocenters. The molecular formula is C21H34FIN4. The Morgan fingerprint density at radius 3 is 2.63 bits per heavy atom. The van der Waals surface area contributed by atoms with Gasteiger partial charge in [-0.3, -0.25) is 4.99 Å². The van der Waals surface area contributed by atoms with Gasteiger partial charge in [0.25, 0.3) is 0 Å². The number of piperidine rings is 1. The lowest BCUT2D eigenvalue weighted by Gasteiger charge is -2.33. The molecule has 1 aliphatic heterocycles. The van der Waals surface area contributed by atoms with Gasteiger partial charge >= 0.3 is 0 Å². The topological polar surface area (TPSA) is 39.7 Å². The highest BCUT2D eigenvalue weighted by atomic mass is 127. The Morgan fingerprint density at radius 1 is 1.30 bits per heavy atom. The van der Waals surface area contributed by atoms with Gasteiger partial charge in [-0.25, -0.2) is 4.39 Å². The van der Waals surface area contributed by atoms with Crippen LogP contribution in [0.5, 0.6) is 0 Å². The van der Waals surface area contributed by atoms with Crippen molar-refractivity contribution in [1.29, 1.82) is 0 Å². The summed E-state index contributed by atoms with van der Waals surface area (Å²) >= 11 is 0. The molecule has 1 saturated heterocycles. The van der Waals surface area contributed by atoms with Crippen LogP contribution in [0.25, 0.3) is 0 Å². The third kappa shape index (κ3) is 6.31. The van der Waals surface area contributed by atoms with Gasteiger partial charge in [0.1, 0.15) is 5.82 Å². The number of hydrogen-bond donors (Lipinski definition) is 2. The van der Waals surface area contributed by atoms with E-state index in [1.165, 1.54) is 51.4 Å². The first-order chi connectivity index (χ1) is 12.6. The number of likely N-dealkylation sites (tertiary alicyclic amines) is 1. The number of nitrogens with zero attached hydrogens (tertiary/aromatic N) is 2. The minimum atomic E-state index is -0.147. The molecule has 27 heavy (non-hydrogen) atoms. The van der Waals surface area contributed by atoms with E-state index in [1.807, 2.05) is 19.2 Å². The van der Waals surface area contributed by atoms with Crippen molar-refractivity contribution in [3.63, 3.8) is 0 Å². The van der Waals surface area contributed by atoms with Gasteiger partial charge in [0.15, 0.2) is 5.96 Å². The fourth-order valence-electron chi connectivity index (χ4n) is 3.86. The number of rotatable bonds is 7. The second kappa shape index (κ2) is 10.6. The highest BCUT2D eigenvalue weighted by Gasteiger charge is 2.44. The van der Waals surface area contributed by atoms with Crippen LogP contribution in [-0.2, 0) is 5.41 Å². The van der Waals surface area contributed by atoms with E-state index in [9.17, 15) is 4.39 Å². The van der Waals surface area contributed by atoms with E-state index in [0.29, 0.717) is 6.04 Å². The number of guanidine groups is 1. The standard InChI is InChI=1S/C21H33FN4.HI/c1-3-4-12-26-13-8-19(9-14-26)25-20(23-2)24-16-21(10-11-21)17-6-5-7-18(22)15-17;/h5-7,15,19H,3-4,8-14,16H2,1-2H3,(H2,23,24,25);1H. The second-order valence-corrected chi connectivity index (χ2v) is 7.83. The Bertz CT molecular complexity index is 610. The minimum Gasteiger partial charge on any atom is -0.356 e.